The molecular formula is C17H18N4. The van der Waals surface area contributed by atoms with Gasteiger partial charge in [0.2, 0.25) is 0 Å². The first-order valence-corrected chi connectivity index (χ1v) is 6.95. The number of fused-ring (bicyclic) bond motifs is 1. The van der Waals surface area contributed by atoms with Crippen molar-refractivity contribution in [1.29, 1.82) is 0 Å². The summed E-state index contributed by atoms with van der Waals surface area (Å²) in [6.45, 7) is 2.14. The number of hydrogen-bond donors (Lipinski definition) is 1. The van der Waals surface area contributed by atoms with Crippen LogP contribution in [0.25, 0.3) is 10.8 Å². The van der Waals surface area contributed by atoms with Gasteiger partial charge in [-0.3, -0.25) is 0 Å². The second kappa shape index (κ2) is 5.40. The lowest BCUT2D eigenvalue weighted by atomic mass is 10.1. The van der Waals surface area contributed by atoms with Crippen molar-refractivity contribution in [3.8, 4) is 0 Å². The topological polar surface area (TPSA) is 55.0 Å². The zero-order valence-electron chi connectivity index (χ0n) is 12.2. The average Bonchev–Trinajstić information content (AvgIpc) is 2.53. The van der Waals surface area contributed by atoms with E-state index in [0.29, 0.717) is 0 Å². The van der Waals surface area contributed by atoms with Crippen molar-refractivity contribution in [2.75, 3.05) is 17.7 Å². The van der Waals surface area contributed by atoms with Gasteiger partial charge in [-0.05, 0) is 24.6 Å². The molecule has 0 fully saturated rings. The van der Waals surface area contributed by atoms with Gasteiger partial charge in [0.1, 0.15) is 0 Å². The molecule has 4 heteroatoms. The van der Waals surface area contributed by atoms with Gasteiger partial charge in [0.25, 0.3) is 0 Å². The van der Waals surface area contributed by atoms with Crippen LogP contribution in [0.5, 0.6) is 0 Å². The van der Waals surface area contributed by atoms with Crippen molar-refractivity contribution >= 4 is 22.3 Å². The number of anilines is 2. The van der Waals surface area contributed by atoms with Crippen LogP contribution < -0.4 is 10.6 Å². The van der Waals surface area contributed by atoms with E-state index in [2.05, 4.69) is 34.2 Å². The van der Waals surface area contributed by atoms with Crippen LogP contribution in [-0.2, 0) is 0 Å². The second-order valence-corrected chi connectivity index (χ2v) is 5.21. The molecule has 0 spiro atoms. The number of nitrogens with zero attached hydrogens (tertiary/aromatic N) is 3. The summed E-state index contributed by atoms with van der Waals surface area (Å²) in [5.41, 5.74) is 7.81. The number of rotatable bonds is 3. The van der Waals surface area contributed by atoms with Gasteiger partial charge >= 0.3 is 0 Å². The molecule has 0 aliphatic heterocycles. The second-order valence-electron chi connectivity index (χ2n) is 5.21. The van der Waals surface area contributed by atoms with Crippen molar-refractivity contribution in [2.45, 2.75) is 13.0 Å². The molecular weight excluding hydrogens is 260 g/mol. The number of benzene rings is 2. The molecule has 21 heavy (non-hydrogen) atoms. The van der Waals surface area contributed by atoms with Crippen LogP contribution in [0.2, 0.25) is 0 Å². The van der Waals surface area contributed by atoms with Gasteiger partial charge in [0.15, 0.2) is 5.82 Å². The Kier molecular flexibility index (Phi) is 3.44. The molecule has 1 aromatic heterocycles. The van der Waals surface area contributed by atoms with E-state index >= 15 is 0 Å². The van der Waals surface area contributed by atoms with Crippen molar-refractivity contribution in [3.05, 3.63) is 60.3 Å². The maximum atomic E-state index is 5.88. The molecule has 0 amide bonds. The minimum atomic E-state index is 0.161. The molecule has 2 aromatic carbocycles. The van der Waals surface area contributed by atoms with E-state index in [0.717, 1.165) is 27.8 Å². The van der Waals surface area contributed by atoms with Gasteiger partial charge in [0.05, 0.1) is 12.2 Å². The molecule has 0 saturated carbocycles. The summed E-state index contributed by atoms with van der Waals surface area (Å²) in [6, 6.07) is 16.3. The summed E-state index contributed by atoms with van der Waals surface area (Å²) in [4.78, 5) is 2.13. The van der Waals surface area contributed by atoms with Crippen LogP contribution in [0.15, 0.2) is 54.7 Å². The van der Waals surface area contributed by atoms with Crippen LogP contribution in [0, 0.1) is 0 Å². The molecule has 4 nitrogen and oxygen atoms in total. The van der Waals surface area contributed by atoms with Gasteiger partial charge in [0, 0.05) is 23.5 Å². The fourth-order valence-corrected chi connectivity index (χ4v) is 2.50. The Morgan fingerprint density at radius 3 is 2.71 bits per heavy atom. The normalized spacial score (nSPS) is 12.3. The quantitative estimate of drug-likeness (QED) is 0.746. The zero-order valence-corrected chi connectivity index (χ0v) is 12.2. The van der Waals surface area contributed by atoms with E-state index in [1.807, 2.05) is 43.4 Å². The number of nitrogens with two attached hydrogens (primary N) is 1. The SMILES string of the molecule is CC(c1cccc(N)c1)N(C)c1nncc2ccccc12. The van der Waals surface area contributed by atoms with E-state index in [4.69, 9.17) is 5.73 Å². The maximum absolute atomic E-state index is 5.88. The minimum Gasteiger partial charge on any atom is -0.399 e. The Labute approximate surface area is 124 Å². The maximum Gasteiger partial charge on any atom is 0.159 e. The van der Waals surface area contributed by atoms with E-state index < -0.39 is 0 Å². The molecule has 2 N–H and O–H groups in total. The lowest BCUT2D eigenvalue weighted by Gasteiger charge is -2.27. The lowest BCUT2D eigenvalue weighted by Crippen LogP contribution is -2.23. The third-order valence-electron chi connectivity index (χ3n) is 3.86. The highest BCUT2D eigenvalue weighted by Crippen LogP contribution is 2.29. The standard InChI is InChI=1S/C17H18N4/c1-12(13-7-5-8-15(18)10-13)21(2)17-16-9-4-3-6-14(16)11-19-20-17/h3-12H,18H2,1-2H3. The molecule has 1 atom stereocenters. The van der Waals surface area contributed by atoms with E-state index in [1.165, 1.54) is 0 Å². The van der Waals surface area contributed by atoms with Gasteiger partial charge in [-0.25, -0.2) is 0 Å². The van der Waals surface area contributed by atoms with Crippen LogP contribution >= 0.6 is 0 Å². The Morgan fingerprint density at radius 1 is 1.10 bits per heavy atom. The van der Waals surface area contributed by atoms with Gasteiger partial charge < -0.3 is 10.6 Å². The van der Waals surface area contributed by atoms with Crippen LogP contribution in [0.4, 0.5) is 11.5 Å². The average molecular weight is 278 g/mol. The van der Waals surface area contributed by atoms with Crippen molar-refractivity contribution < 1.29 is 0 Å². The van der Waals surface area contributed by atoms with Crippen LogP contribution in [0.1, 0.15) is 18.5 Å². The summed E-state index contributed by atoms with van der Waals surface area (Å²) in [5, 5.41) is 10.6. The smallest absolute Gasteiger partial charge is 0.159 e. The Morgan fingerprint density at radius 2 is 1.90 bits per heavy atom. The third-order valence-corrected chi connectivity index (χ3v) is 3.86. The molecule has 3 rings (SSSR count). The highest BCUT2D eigenvalue weighted by molar-refractivity contribution is 5.91. The summed E-state index contributed by atoms with van der Waals surface area (Å²) in [7, 11) is 2.03. The molecule has 3 aromatic rings. The molecule has 1 heterocycles. The van der Waals surface area contributed by atoms with Crippen molar-refractivity contribution in [3.63, 3.8) is 0 Å². The van der Waals surface area contributed by atoms with Crippen LogP contribution in [-0.4, -0.2) is 17.2 Å². The van der Waals surface area contributed by atoms with E-state index in [9.17, 15) is 0 Å². The predicted molar refractivity (Wildman–Crippen MR) is 87.2 cm³/mol. The van der Waals surface area contributed by atoms with Gasteiger partial charge in [-0.2, -0.15) is 5.10 Å². The molecule has 1 unspecified atom stereocenters. The molecule has 0 aliphatic carbocycles. The monoisotopic (exact) mass is 278 g/mol. The molecule has 0 bridgehead atoms. The first-order chi connectivity index (χ1) is 10.2. The highest BCUT2D eigenvalue weighted by Gasteiger charge is 2.16. The minimum absolute atomic E-state index is 0.161. The van der Waals surface area contributed by atoms with Gasteiger partial charge in [-0.1, -0.05) is 36.4 Å². The Bertz CT molecular complexity index is 764. The zero-order chi connectivity index (χ0) is 14.8. The van der Waals surface area contributed by atoms with E-state index in [1.54, 1.807) is 6.20 Å². The molecule has 106 valence electrons. The fourth-order valence-electron chi connectivity index (χ4n) is 2.50. The largest absolute Gasteiger partial charge is 0.399 e. The highest BCUT2D eigenvalue weighted by atomic mass is 15.3. The summed E-state index contributed by atoms with van der Waals surface area (Å²) in [6.07, 6.45) is 1.79. The molecule has 0 aliphatic rings. The first-order valence-electron chi connectivity index (χ1n) is 6.95. The van der Waals surface area contributed by atoms with Crippen molar-refractivity contribution in [2.24, 2.45) is 0 Å². The predicted octanol–water partition coefficient (Wildman–Crippen LogP) is 3.41. The molecule has 0 saturated heterocycles. The lowest BCUT2D eigenvalue weighted by molar-refractivity contribution is 0.725. The Hall–Kier alpha value is -2.62. The third kappa shape index (κ3) is 2.52. The fraction of sp³-hybridized carbons (Fsp3) is 0.176. The summed E-state index contributed by atoms with van der Waals surface area (Å²) in [5.74, 6) is 0.878. The first kappa shape index (κ1) is 13.4. The van der Waals surface area contributed by atoms with Crippen molar-refractivity contribution in [1.82, 2.24) is 10.2 Å². The summed E-state index contributed by atoms with van der Waals surface area (Å²) < 4.78 is 0. The number of hydrogen-bond acceptors (Lipinski definition) is 4. The Balaban J connectivity index is 2.02. The van der Waals surface area contributed by atoms with Gasteiger partial charge in [-0.15, -0.1) is 5.10 Å². The summed E-state index contributed by atoms with van der Waals surface area (Å²) >= 11 is 0. The van der Waals surface area contributed by atoms with E-state index in [-0.39, 0.29) is 6.04 Å². The van der Waals surface area contributed by atoms with Crippen LogP contribution in [0.3, 0.4) is 0 Å². The molecule has 0 radical (unpaired) electrons. The number of nitrogen functional groups attached to an aromatic ring is 1. The number of aromatic nitrogens is 2.